The fourth-order valence-electron chi connectivity index (χ4n) is 3.69. The molecule has 0 saturated heterocycles. The van der Waals surface area contributed by atoms with Crippen molar-refractivity contribution >= 4 is 68.2 Å². The van der Waals surface area contributed by atoms with Crippen molar-refractivity contribution in [2.75, 3.05) is 5.32 Å². The number of aryl methyl sites for hydroxylation is 1. The Labute approximate surface area is 222 Å². The van der Waals surface area contributed by atoms with Crippen LogP contribution >= 0.6 is 35.2 Å². The highest BCUT2D eigenvalue weighted by Gasteiger charge is 2.10. The number of thiazole rings is 1. The monoisotopic (exact) mass is 529 g/mol. The van der Waals surface area contributed by atoms with Gasteiger partial charge in [0.15, 0.2) is 10.2 Å². The van der Waals surface area contributed by atoms with Crippen molar-refractivity contribution in [3.8, 4) is 22.6 Å². The van der Waals surface area contributed by atoms with E-state index in [-0.39, 0.29) is 11.0 Å². The van der Waals surface area contributed by atoms with E-state index < -0.39 is 0 Å². The highest BCUT2D eigenvalue weighted by atomic mass is 35.5. The molecule has 3 aromatic carbocycles. The number of fused-ring (bicyclic) bond motifs is 1. The van der Waals surface area contributed by atoms with Gasteiger partial charge in [0.2, 0.25) is 5.91 Å². The molecule has 2 heterocycles. The average molecular weight is 530 g/mol. The van der Waals surface area contributed by atoms with Gasteiger partial charge < -0.3 is 9.73 Å². The zero-order chi connectivity index (χ0) is 25.1. The molecule has 0 atom stereocenters. The smallest absolute Gasteiger partial charge is 0.250 e. The minimum atomic E-state index is -0.380. The number of furan rings is 1. The Morgan fingerprint density at radius 3 is 2.78 bits per heavy atom. The lowest BCUT2D eigenvalue weighted by Gasteiger charge is -2.05. The molecule has 8 heteroatoms. The Morgan fingerprint density at radius 2 is 1.92 bits per heavy atom. The second-order valence-electron chi connectivity index (χ2n) is 8.01. The summed E-state index contributed by atoms with van der Waals surface area (Å²) in [6, 6.07) is 23.6. The summed E-state index contributed by atoms with van der Waals surface area (Å²) in [7, 11) is 0. The van der Waals surface area contributed by atoms with Crippen LogP contribution in [0.4, 0.5) is 5.13 Å². The summed E-state index contributed by atoms with van der Waals surface area (Å²) in [4.78, 5) is 17.0. The van der Waals surface area contributed by atoms with E-state index in [9.17, 15) is 4.79 Å². The zero-order valence-corrected chi connectivity index (χ0v) is 21.5. The Balaban J connectivity index is 1.20. The fourth-order valence-corrected chi connectivity index (χ4v) is 4.84. The topological polar surface area (TPSA) is 67.2 Å². The molecule has 2 aromatic heterocycles. The number of carbonyl (C=O) groups excluding carboxylic acids is 1. The first kappa shape index (κ1) is 23.9. The summed E-state index contributed by atoms with van der Waals surface area (Å²) in [6.07, 6.45) is 2.95. The van der Waals surface area contributed by atoms with E-state index in [4.69, 9.17) is 28.2 Å². The number of benzene rings is 3. The summed E-state index contributed by atoms with van der Waals surface area (Å²) in [6.45, 7) is 1.94. The number of nitrogens with one attached hydrogen (secondary N) is 2. The van der Waals surface area contributed by atoms with Crippen LogP contribution in [0.2, 0.25) is 5.02 Å². The van der Waals surface area contributed by atoms with Crippen LogP contribution in [0.3, 0.4) is 0 Å². The molecule has 178 valence electrons. The molecule has 0 fully saturated rings. The summed E-state index contributed by atoms with van der Waals surface area (Å²) in [5, 5.41) is 11.3. The first-order valence-electron chi connectivity index (χ1n) is 11.1. The Kier molecular flexibility index (Phi) is 6.95. The maximum Gasteiger partial charge on any atom is 0.250 e. The first-order chi connectivity index (χ1) is 17.5. The standard InChI is InChI=1S/C28H20ClN3O2S2/c1-17-9-10-19(15-23(17)29)25-13-11-20(34-25)12-14-26(33)31-27(35)32-28-30-24(16-36-28)22-8-4-6-18-5-2-3-7-21(18)22/h2-16H,1H3,(H2,30,31,32,33,35)/b14-12+. The molecule has 0 aliphatic heterocycles. The SMILES string of the molecule is Cc1ccc(-c2ccc(/C=C/C(=O)NC(=S)Nc3nc(-c4cccc5ccccc45)cs3)o2)cc1Cl. The molecule has 36 heavy (non-hydrogen) atoms. The molecule has 0 aliphatic carbocycles. The second kappa shape index (κ2) is 10.5. The van der Waals surface area contributed by atoms with Crippen molar-refractivity contribution in [3.05, 3.63) is 101 Å². The van der Waals surface area contributed by atoms with Gasteiger partial charge in [0.25, 0.3) is 0 Å². The van der Waals surface area contributed by atoms with Gasteiger partial charge in [0.05, 0.1) is 5.69 Å². The van der Waals surface area contributed by atoms with Crippen molar-refractivity contribution < 1.29 is 9.21 Å². The van der Waals surface area contributed by atoms with E-state index >= 15 is 0 Å². The summed E-state index contributed by atoms with van der Waals surface area (Å²) in [5.41, 5.74) is 3.75. The van der Waals surface area contributed by atoms with Gasteiger partial charge in [-0.2, -0.15) is 0 Å². The number of aromatic nitrogens is 1. The summed E-state index contributed by atoms with van der Waals surface area (Å²) < 4.78 is 5.81. The van der Waals surface area contributed by atoms with Gasteiger partial charge in [0, 0.05) is 27.6 Å². The zero-order valence-electron chi connectivity index (χ0n) is 19.1. The van der Waals surface area contributed by atoms with Crippen molar-refractivity contribution in [3.63, 3.8) is 0 Å². The number of nitrogens with zero attached hydrogens (tertiary/aromatic N) is 1. The van der Waals surface area contributed by atoms with E-state index in [0.29, 0.717) is 21.7 Å². The third-order valence-electron chi connectivity index (χ3n) is 5.51. The molecule has 5 nitrogen and oxygen atoms in total. The quantitative estimate of drug-likeness (QED) is 0.180. The third-order valence-corrected chi connectivity index (χ3v) is 6.88. The fraction of sp³-hybridized carbons (Fsp3) is 0.0357. The number of carbonyl (C=O) groups is 1. The Bertz CT molecular complexity index is 1610. The van der Waals surface area contributed by atoms with Gasteiger partial charge >= 0.3 is 0 Å². The molecule has 5 aromatic rings. The second-order valence-corrected chi connectivity index (χ2v) is 9.68. The van der Waals surface area contributed by atoms with Crippen molar-refractivity contribution in [1.82, 2.24) is 10.3 Å². The Hall–Kier alpha value is -3.78. The van der Waals surface area contributed by atoms with Gasteiger partial charge in [0.1, 0.15) is 11.5 Å². The van der Waals surface area contributed by atoms with Crippen molar-refractivity contribution in [2.24, 2.45) is 0 Å². The molecule has 0 saturated carbocycles. The lowest BCUT2D eigenvalue weighted by molar-refractivity contribution is -0.115. The Morgan fingerprint density at radius 1 is 1.08 bits per heavy atom. The van der Waals surface area contributed by atoms with Gasteiger partial charge in [-0.1, -0.05) is 66.2 Å². The van der Waals surface area contributed by atoms with E-state index in [1.807, 2.05) is 60.8 Å². The highest BCUT2D eigenvalue weighted by molar-refractivity contribution is 7.80. The molecular weight excluding hydrogens is 510 g/mol. The van der Waals surface area contributed by atoms with Crippen LogP contribution < -0.4 is 10.6 Å². The highest BCUT2D eigenvalue weighted by Crippen LogP contribution is 2.31. The molecule has 2 N–H and O–H groups in total. The number of halogens is 1. The number of hydrogen-bond acceptors (Lipinski definition) is 5. The maximum absolute atomic E-state index is 12.3. The third kappa shape index (κ3) is 5.39. The molecular formula is C28H20ClN3O2S2. The number of thiocarbonyl (C=S) groups is 1. The van der Waals surface area contributed by atoms with Gasteiger partial charge in [-0.25, -0.2) is 4.98 Å². The van der Waals surface area contributed by atoms with Crippen LogP contribution in [0.1, 0.15) is 11.3 Å². The van der Waals surface area contributed by atoms with Crippen LogP contribution in [0.5, 0.6) is 0 Å². The average Bonchev–Trinajstić information content (AvgIpc) is 3.54. The molecule has 0 unspecified atom stereocenters. The maximum atomic E-state index is 12.3. The van der Waals surface area contributed by atoms with Crippen LogP contribution in [-0.4, -0.2) is 16.0 Å². The van der Waals surface area contributed by atoms with Gasteiger partial charge in [-0.15, -0.1) is 11.3 Å². The van der Waals surface area contributed by atoms with E-state index in [1.54, 1.807) is 12.1 Å². The summed E-state index contributed by atoms with van der Waals surface area (Å²) >= 11 is 12.9. The first-order valence-corrected chi connectivity index (χ1v) is 12.7. The van der Waals surface area contributed by atoms with Crippen LogP contribution in [0.15, 0.2) is 88.7 Å². The van der Waals surface area contributed by atoms with Crippen LogP contribution in [0.25, 0.3) is 39.4 Å². The molecule has 1 amide bonds. The van der Waals surface area contributed by atoms with E-state index in [2.05, 4.69) is 33.8 Å². The van der Waals surface area contributed by atoms with E-state index in [1.165, 1.54) is 17.4 Å². The predicted octanol–water partition coefficient (Wildman–Crippen LogP) is 7.71. The number of rotatable bonds is 5. The number of hydrogen-bond donors (Lipinski definition) is 2. The minimum absolute atomic E-state index is 0.165. The number of anilines is 1. The van der Waals surface area contributed by atoms with Crippen molar-refractivity contribution in [2.45, 2.75) is 6.92 Å². The predicted molar refractivity (Wildman–Crippen MR) is 152 cm³/mol. The van der Waals surface area contributed by atoms with Gasteiger partial charge in [-0.05, 0) is 59.8 Å². The molecule has 0 bridgehead atoms. The molecule has 0 spiro atoms. The summed E-state index contributed by atoms with van der Waals surface area (Å²) in [5.74, 6) is 0.824. The van der Waals surface area contributed by atoms with Gasteiger partial charge in [-0.3, -0.25) is 10.1 Å². The number of amides is 1. The van der Waals surface area contributed by atoms with Crippen molar-refractivity contribution in [1.29, 1.82) is 0 Å². The lowest BCUT2D eigenvalue weighted by atomic mass is 10.0. The molecule has 0 radical (unpaired) electrons. The van der Waals surface area contributed by atoms with Crippen LogP contribution in [-0.2, 0) is 4.79 Å². The lowest BCUT2D eigenvalue weighted by Crippen LogP contribution is -2.32. The molecule has 5 rings (SSSR count). The normalized spacial score (nSPS) is 11.2. The molecule has 0 aliphatic rings. The minimum Gasteiger partial charge on any atom is -0.457 e. The largest absolute Gasteiger partial charge is 0.457 e. The van der Waals surface area contributed by atoms with E-state index in [0.717, 1.165) is 33.2 Å². The van der Waals surface area contributed by atoms with Crippen LogP contribution in [0, 0.1) is 6.92 Å².